The molecule has 0 bridgehead atoms. The van der Waals surface area contributed by atoms with Gasteiger partial charge in [0.25, 0.3) is 5.24 Å². The first-order chi connectivity index (χ1) is 14.2. The first kappa shape index (κ1) is 20.2. The fourth-order valence-corrected chi connectivity index (χ4v) is 3.88. The molecule has 1 fully saturated rings. The number of imidazole rings is 1. The fraction of sp³-hybridized carbons (Fsp3) is 0.263. The summed E-state index contributed by atoms with van der Waals surface area (Å²) in [6, 6.07) is 7.98. The van der Waals surface area contributed by atoms with Crippen LogP contribution in [0.15, 0.2) is 36.5 Å². The van der Waals surface area contributed by atoms with Gasteiger partial charge in [-0.25, -0.2) is 9.97 Å². The van der Waals surface area contributed by atoms with E-state index in [1.54, 1.807) is 35.9 Å². The molecule has 3 heterocycles. The molecule has 1 aliphatic rings. The number of thioether (sulfide) groups is 1. The average molecular weight is 436 g/mol. The number of benzene rings is 1. The van der Waals surface area contributed by atoms with Gasteiger partial charge in [0.1, 0.15) is 23.7 Å². The highest BCUT2D eigenvalue weighted by Crippen LogP contribution is 2.30. The van der Waals surface area contributed by atoms with Gasteiger partial charge in [-0.2, -0.15) is 13.2 Å². The standard InChI is InChI=1S/C19H15F3N4O3S/c1-26-15(24-13-7-11(19(20,21)22)8-23-16(13)26)9-29-12-4-2-10(3-5-12)6-14-17(27)25-18(28)30-14/h2-5,7-8,14H,6,9H2,1H3,(H,25,27,28). The van der Waals surface area contributed by atoms with Crippen molar-refractivity contribution < 1.29 is 27.5 Å². The number of hydrogen-bond donors (Lipinski definition) is 1. The number of carbonyl (C=O) groups excluding carboxylic acids is 2. The lowest BCUT2D eigenvalue weighted by Crippen LogP contribution is -2.25. The predicted octanol–water partition coefficient (Wildman–Crippen LogP) is 3.46. The summed E-state index contributed by atoms with van der Waals surface area (Å²) >= 11 is 0.968. The second-order valence-corrected chi connectivity index (χ2v) is 7.85. The molecule has 1 atom stereocenters. The van der Waals surface area contributed by atoms with Gasteiger partial charge in [-0.3, -0.25) is 14.9 Å². The Bertz CT molecular complexity index is 1130. The highest BCUT2D eigenvalue weighted by Gasteiger charge is 2.32. The Morgan fingerprint density at radius 3 is 2.60 bits per heavy atom. The quantitative estimate of drug-likeness (QED) is 0.659. The number of rotatable bonds is 5. The molecule has 0 aliphatic carbocycles. The van der Waals surface area contributed by atoms with E-state index in [1.165, 1.54) is 0 Å². The summed E-state index contributed by atoms with van der Waals surface area (Å²) in [7, 11) is 1.66. The van der Waals surface area contributed by atoms with Gasteiger partial charge < -0.3 is 9.30 Å². The average Bonchev–Trinajstić information content (AvgIpc) is 3.18. The summed E-state index contributed by atoms with van der Waals surface area (Å²) in [6.07, 6.45) is -3.29. The molecule has 11 heteroatoms. The van der Waals surface area contributed by atoms with Crippen molar-refractivity contribution in [2.75, 3.05) is 0 Å². The Balaban J connectivity index is 1.43. The molecular weight excluding hydrogens is 421 g/mol. The van der Waals surface area contributed by atoms with Gasteiger partial charge in [-0.15, -0.1) is 0 Å². The molecule has 0 spiro atoms. The molecule has 7 nitrogen and oxygen atoms in total. The van der Waals surface area contributed by atoms with E-state index in [-0.39, 0.29) is 23.3 Å². The summed E-state index contributed by atoms with van der Waals surface area (Å²) < 4.78 is 45.8. The highest BCUT2D eigenvalue weighted by atomic mass is 32.2. The Kier molecular flexibility index (Phi) is 5.14. The van der Waals surface area contributed by atoms with Crippen molar-refractivity contribution in [3.63, 3.8) is 0 Å². The number of imide groups is 1. The third-order valence-corrected chi connectivity index (χ3v) is 5.59. The lowest BCUT2D eigenvalue weighted by molar-refractivity contribution is -0.137. The van der Waals surface area contributed by atoms with Crippen molar-refractivity contribution >= 4 is 34.1 Å². The van der Waals surface area contributed by atoms with E-state index in [0.717, 1.165) is 29.6 Å². The van der Waals surface area contributed by atoms with E-state index >= 15 is 0 Å². The number of carbonyl (C=O) groups is 2. The minimum Gasteiger partial charge on any atom is -0.486 e. The third kappa shape index (κ3) is 4.11. The molecule has 1 saturated heterocycles. The molecule has 156 valence electrons. The second kappa shape index (κ2) is 7.63. The lowest BCUT2D eigenvalue weighted by Gasteiger charge is -2.08. The SMILES string of the molecule is Cn1c(COc2ccc(CC3SC(=O)NC3=O)cc2)nc2cc(C(F)(F)F)cnc21. The van der Waals surface area contributed by atoms with Crippen LogP contribution >= 0.6 is 11.8 Å². The largest absolute Gasteiger partial charge is 0.486 e. The van der Waals surface area contributed by atoms with E-state index in [9.17, 15) is 22.8 Å². The van der Waals surface area contributed by atoms with Gasteiger partial charge in [0.2, 0.25) is 5.91 Å². The van der Waals surface area contributed by atoms with Crippen LogP contribution in [0.3, 0.4) is 0 Å². The predicted molar refractivity (Wildman–Crippen MR) is 103 cm³/mol. The number of halogens is 3. The molecule has 0 radical (unpaired) electrons. The molecule has 3 aromatic rings. The van der Waals surface area contributed by atoms with E-state index in [0.29, 0.717) is 23.6 Å². The molecule has 2 aromatic heterocycles. The van der Waals surface area contributed by atoms with Gasteiger partial charge in [-0.05, 0) is 30.2 Å². The van der Waals surface area contributed by atoms with Crippen LogP contribution in [0, 0.1) is 0 Å². The number of alkyl halides is 3. The summed E-state index contributed by atoms with van der Waals surface area (Å²) in [5.41, 5.74) is 0.491. The minimum absolute atomic E-state index is 0.0446. The summed E-state index contributed by atoms with van der Waals surface area (Å²) in [4.78, 5) is 30.9. The van der Waals surface area contributed by atoms with Crippen LogP contribution in [0.2, 0.25) is 0 Å². The van der Waals surface area contributed by atoms with Crippen molar-refractivity contribution in [3.8, 4) is 5.75 Å². The van der Waals surface area contributed by atoms with Gasteiger partial charge in [-0.1, -0.05) is 23.9 Å². The second-order valence-electron chi connectivity index (χ2n) is 6.67. The first-order valence-electron chi connectivity index (χ1n) is 8.82. The van der Waals surface area contributed by atoms with Gasteiger partial charge in [0, 0.05) is 13.2 Å². The molecule has 4 rings (SSSR count). The van der Waals surface area contributed by atoms with Crippen LogP contribution in [-0.2, 0) is 31.0 Å². The van der Waals surface area contributed by atoms with Crippen molar-refractivity contribution in [2.45, 2.75) is 24.5 Å². The number of aryl methyl sites for hydroxylation is 1. The van der Waals surface area contributed by atoms with Crippen LogP contribution in [0.25, 0.3) is 11.2 Å². The molecule has 2 amide bonds. The van der Waals surface area contributed by atoms with Gasteiger partial charge in [0.15, 0.2) is 5.65 Å². The van der Waals surface area contributed by atoms with E-state index in [1.807, 2.05) is 0 Å². The van der Waals surface area contributed by atoms with Crippen LogP contribution in [0.4, 0.5) is 18.0 Å². The number of aromatic nitrogens is 3. The number of nitrogens with zero attached hydrogens (tertiary/aromatic N) is 3. The van der Waals surface area contributed by atoms with Crippen LogP contribution in [-0.4, -0.2) is 30.9 Å². The maximum absolute atomic E-state index is 12.9. The summed E-state index contributed by atoms with van der Waals surface area (Å²) in [6.45, 7) is 0.0446. The molecule has 0 saturated carbocycles. The zero-order chi connectivity index (χ0) is 21.5. The van der Waals surface area contributed by atoms with Crippen molar-refractivity contribution in [2.24, 2.45) is 7.05 Å². The maximum Gasteiger partial charge on any atom is 0.417 e. The Hall–Kier alpha value is -3.08. The molecule has 1 N–H and O–H groups in total. The molecule has 1 unspecified atom stereocenters. The normalized spacial score (nSPS) is 16.9. The number of hydrogen-bond acceptors (Lipinski definition) is 6. The van der Waals surface area contributed by atoms with Crippen LogP contribution in [0.1, 0.15) is 17.0 Å². The minimum atomic E-state index is -4.48. The summed E-state index contributed by atoms with van der Waals surface area (Å²) in [5.74, 6) is 0.669. The number of pyridine rings is 1. The Labute approximate surface area is 172 Å². The van der Waals surface area contributed by atoms with E-state index in [4.69, 9.17) is 4.74 Å². The molecule has 1 aliphatic heterocycles. The zero-order valence-electron chi connectivity index (χ0n) is 15.6. The fourth-order valence-electron chi connectivity index (χ4n) is 3.02. The van der Waals surface area contributed by atoms with E-state index in [2.05, 4.69) is 15.3 Å². The lowest BCUT2D eigenvalue weighted by atomic mass is 10.1. The third-order valence-electron chi connectivity index (χ3n) is 4.61. The highest BCUT2D eigenvalue weighted by molar-refractivity contribution is 8.15. The Morgan fingerprint density at radius 1 is 1.23 bits per heavy atom. The maximum atomic E-state index is 12.9. The number of nitrogens with one attached hydrogen (secondary N) is 1. The molecule has 1 aromatic carbocycles. The van der Waals surface area contributed by atoms with Gasteiger partial charge in [0.05, 0.1) is 10.8 Å². The number of fused-ring (bicyclic) bond motifs is 1. The monoisotopic (exact) mass is 436 g/mol. The smallest absolute Gasteiger partial charge is 0.417 e. The first-order valence-corrected chi connectivity index (χ1v) is 9.70. The summed E-state index contributed by atoms with van der Waals surface area (Å²) in [5, 5.41) is 1.46. The van der Waals surface area contributed by atoms with Gasteiger partial charge >= 0.3 is 6.18 Å². The van der Waals surface area contributed by atoms with Crippen LogP contribution in [0.5, 0.6) is 5.75 Å². The van der Waals surface area contributed by atoms with Crippen molar-refractivity contribution in [1.29, 1.82) is 0 Å². The molecule has 30 heavy (non-hydrogen) atoms. The zero-order valence-corrected chi connectivity index (χ0v) is 16.4. The Morgan fingerprint density at radius 2 is 1.97 bits per heavy atom. The van der Waals surface area contributed by atoms with E-state index < -0.39 is 17.0 Å². The number of amides is 2. The number of ether oxygens (including phenoxy) is 1. The molecular formula is C19H15F3N4O3S. The topological polar surface area (TPSA) is 86.1 Å². The van der Waals surface area contributed by atoms with Crippen molar-refractivity contribution in [3.05, 3.63) is 53.5 Å². The van der Waals surface area contributed by atoms with Crippen LogP contribution < -0.4 is 10.1 Å². The van der Waals surface area contributed by atoms with Crippen molar-refractivity contribution in [1.82, 2.24) is 19.9 Å².